The molecule has 0 bridgehead atoms. The monoisotopic (exact) mass is 428 g/mol. The number of rotatable bonds is 12. The maximum absolute atomic E-state index is 10.9. The molecule has 0 spiro atoms. The first-order valence-corrected chi connectivity index (χ1v) is 8.89. The van der Waals surface area contributed by atoms with Crippen molar-refractivity contribution in [3.8, 4) is 0 Å². The summed E-state index contributed by atoms with van der Waals surface area (Å²) in [7, 11) is 0. The average molecular weight is 428 g/mol. The highest BCUT2D eigenvalue weighted by Crippen LogP contribution is 1.97. The average Bonchev–Trinajstić information content (AvgIpc) is 2.61. The lowest BCUT2D eigenvalue weighted by molar-refractivity contribution is -0.151. The first-order chi connectivity index (χ1) is 13.9. The van der Waals surface area contributed by atoms with E-state index in [0.717, 1.165) is 0 Å². The maximum atomic E-state index is 10.9. The molecule has 30 heavy (non-hydrogen) atoms. The third-order valence-corrected chi connectivity index (χ3v) is 2.88. The summed E-state index contributed by atoms with van der Waals surface area (Å²) >= 11 is 0. The first-order valence-electron chi connectivity index (χ1n) is 8.89. The Morgan fingerprint density at radius 3 is 1.60 bits per heavy atom. The van der Waals surface area contributed by atoms with Gasteiger partial charge in [-0.05, 0) is 27.7 Å². The lowest BCUT2D eigenvalue weighted by atomic mass is 10.2. The van der Waals surface area contributed by atoms with E-state index in [9.17, 15) is 28.8 Å². The van der Waals surface area contributed by atoms with Gasteiger partial charge in [-0.3, -0.25) is 19.2 Å². The molecule has 0 saturated heterocycles. The lowest BCUT2D eigenvalue weighted by Gasteiger charge is -2.05. The molecule has 0 aromatic heterocycles. The van der Waals surface area contributed by atoms with Gasteiger partial charge >= 0.3 is 23.9 Å². The number of hydrogen-bond donors (Lipinski definition) is 1. The van der Waals surface area contributed by atoms with Gasteiger partial charge in [-0.1, -0.05) is 12.7 Å². The summed E-state index contributed by atoms with van der Waals surface area (Å²) in [6, 6.07) is 0. The summed E-state index contributed by atoms with van der Waals surface area (Å²) in [6.07, 6.45) is 1.31. The van der Waals surface area contributed by atoms with Crippen LogP contribution < -0.4 is 0 Å². The largest absolute Gasteiger partial charge is 0.478 e. The molecule has 0 aliphatic heterocycles. The first kappa shape index (κ1) is 28.9. The highest BCUT2D eigenvalue weighted by atomic mass is 16.6. The van der Waals surface area contributed by atoms with Crippen LogP contribution in [0, 0.1) is 0 Å². The molecular weight excluding hydrogens is 400 g/mol. The van der Waals surface area contributed by atoms with Crippen molar-refractivity contribution in [2.75, 3.05) is 19.8 Å². The van der Waals surface area contributed by atoms with Gasteiger partial charge in [0.05, 0.1) is 6.61 Å². The van der Waals surface area contributed by atoms with Crippen molar-refractivity contribution < 1.29 is 48.1 Å². The van der Waals surface area contributed by atoms with Crippen LogP contribution in [0.3, 0.4) is 0 Å². The van der Waals surface area contributed by atoms with Gasteiger partial charge in [0.2, 0.25) is 0 Å². The topological polar surface area (TPSA) is 150 Å². The Morgan fingerprint density at radius 2 is 1.20 bits per heavy atom. The SMILES string of the molecule is C=C(C)C(=O)OCCOC(=O)CC(C)=O.CC(=O)CC(=O)OCCC=C(C)C(=O)O. The van der Waals surface area contributed by atoms with Crippen LogP contribution >= 0.6 is 0 Å². The van der Waals surface area contributed by atoms with Crippen molar-refractivity contribution in [2.24, 2.45) is 0 Å². The second-order valence-corrected chi connectivity index (χ2v) is 6.10. The second-order valence-electron chi connectivity index (χ2n) is 6.10. The van der Waals surface area contributed by atoms with Crippen LogP contribution in [0.5, 0.6) is 0 Å². The number of Topliss-reactive ketones (excluding diaryl/α,β-unsaturated/α-hetero) is 2. The predicted octanol–water partition coefficient (Wildman–Crippen LogP) is 1.56. The quantitative estimate of drug-likeness (QED) is 0.159. The molecule has 0 atom stereocenters. The fraction of sp³-hybridized carbons (Fsp3) is 0.500. The summed E-state index contributed by atoms with van der Waals surface area (Å²) in [5, 5.41) is 8.49. The number of carboxylic acids is 1. The third kappa shape index (κ3) is 19.5. The summed E-state index contributed by atoms with van der Waals surface area (Å²) < 4.78 is 14.0. The zero-order valence-electron chi connectivity index (χ0n) is 17.6. The molecule has 0 radical (unpaired) electrons. The van der Waals surface area contributed by atoms with Crippen LogP contribution in [-0.2, 0) is 43.0 Å². The van der Waals surface area contributed by atoms with Crippen LogP contribution in [0.1, 0.15) is 47.0 Å². The number of hydrogen-bond acceptors (Lipinski definition) is 9. The number of aliphatic carboxylic acids is 1. The molecule has 0 aliphatic rings. The zero-order chi connectivity index (χ0) is 23.7. The molecule has 10 nitrogen and oxygen atoms in total. The Labute approximate surface area is 174 Å². The fourth-order valence-electron chi connectivity index (χ4n) is 1.46. The van der Waals surface area contributed by atoms with Gasteiger partial charge in [0, 0.05) is 17.6 Å². The molecule has 0 aliphatic carbocycles. The Hall–Kier alpha value is -3.30. The van der Waals surface area contributed by atoms with E-state index in [1.165, 1.54) is 33.8 Å². The van der Waals surface area contributed by atoms with Gasteiger partial charge in [-0.2, -0.15) is 0 Å². The van der Waals surface area contributed by atoms with E-state index in [0.29, 0.717) is 6.42 Å². The van der Waals surface area contributed by atoms with Gasteiger partial charge in [0.15, 0.2) is 0 Å². The van der Waals surface area contributed by atoms with Crippen molar-refractivity contribution >= 4 is 35.4 Å². The van der Waals surface area contributed by atoms with E-state index in [2.05, 4.69) is 20.8 Å². The molecule has 0 saturated carbocycles. The summed E-state index contributed by atoms with van der Waals surface area (Å²) in [5.41, 5.74) is 0.489. The Kier molecular flexibility index (Phi) is 16.0. The number of ketones is 2. The molecule has 0 rings (SSSR count). The van der Waals surface area contributed by atoms with Gasteiger partial charge in [-0.15, -0.1) is 0 Å². The minimum atomic E-state index is -0.995. The van der Waals surface area contributed by atoms with Crippen LogP contribution in [0.4, 0.5) is 0 Å². The van der Waals surface area contributed by atoms with Crippen molar-refractivity contribution in [2.45, 2.75) is 47.0 Å². The van der Waals surface area contributed by atoms with Crippen LogP contribution in [0.25, 0.3) is 0 Å². The van der Waals surface area contributed by atoms with Crippen LogP contribution in [0.2, 0.25) is 0 Å². The number of carbonyl (C=O) groups excluding carboxylic acids is 5. The van der Waals surface area contributed by atoms with Crippen molar-refractivity contribution in [3.05, 3.63) is 23.8 Å². The zero-order valence-corrected chi connectivity index (χ0v) is 17.6. The molecule has 0 amide bonds. The van der Waals surface area contributed by atoms with Crippen molar-refractivity contribution in [3.63, 3.8) is 0 Å². The van der Waals surface area contributed by atoms with Crippen molar-refractivity contribution in [1.29, 1.82) is 0 Å². The maximum Gasteiger partial charge on any atom is 0.333 e. The summed E-state index contributed by atoms with van der Waals surface area (Å²) in [5.74, 6) is -3.24. The molecule has 0 heterocycles. The van der Waals surface area contributed by atoms with Crippen molar-refractivity contribution in [1.82, 2.24) is 0 Å². The highest BCUT2D eigenvalue weighted by molar-refractivity contribution is 5.94. The second kappa shape index (κ2) is 16.6. The van der Waals surface area contributed by atoms with Gasteiger partial charge in [0.25, 0.3) is 0 Å². The fourth-order valence-corrected chi connectivity index (χ4v) is 1.46. The molecule has 0 fully saturated rings. The molecule has 168 valence electrons. The van der Waals surface area contributed by atoms with E-state index >= 15 is 0 Å². The van der Waals surface area contributed by atoms with E-state index in [1.54, 1.807) is 0 Å². The Morgan fingerprint density at radius 1 is 0.767 bits per heavy atom. The minimum absolute atomic E-state index is 0.0324. The minimum Gasteiger partial charge on any atom is -0.478 e. The van der Waals surface area contributed by atoms with Gasteiger partial charge < -0.3 is 19.3 Å². The lowest BCUT2D eigenvalue weighted by Crippen LogP contribution is -2.15. The summed E-state index contributed by atoms with van der Waals surface area (Å²) in [4.78, 5) is 63.9. The number of esters is 3. The number of carboxylic acid groups (broad SMARTS) is 1. The number of ether oxygens (including phenoxy) is 3. The molecule has 0 aromatic carbocycles. The Balaban J connectivity index is 0. The van der Waals surface area contributed by atoms with E-state index in [-0.39, 0.29) is 55.4 Å². The van der Waals surface area contributed by atoms with Gasteiger partial charge in [-0.25, -0.2) is 9.59 Å². The van der Waals surface area contributed by atoms with Crippen LogP contribution in [-0.4, -0.2) is 60.4 Å². The standard InChI is InChI=1S/2C10H14O5/c1-7(2)10(13)15-5-4-14-9(12)6-8(3)11;1-7(10(13)14)4-3-5-15-9(12)6-8(2)11/h1,4-6H2,2-3H3;4H,3,5-6H2,1-2H3,(H,13,14). The number of carbonyl (C=O) groups is 6. The van der Waals surface area contributed by atoms with E-state index in [4.69, 9.17) is 5.11 Å². The van der Waals surface area contributed by atoms with Gasteiger partial charge in [0.1, 0.15) is 37.6 Å². The molecule has 0 unspecified atom stereocenters. The molecule has 0 aromatic rings. The summed E-state index contributed by atoms with van der Waals surface area (Å²) in [6.45, 7) is 8.96. The molecular formula is C20H28O10. The highest BCUT2D eigenvalue weighted by Gasteiger charge is 2.07. The van der Waals surface area contributed by atoms with Crippen LogP contribution in [0.15, 0.2) is 23.8 Å². The molecule has 10 heteroatoms. The normalized spacial score (nSPS) is 10.1. The smallest absolute Gasteiger partial charge is 0.333 e. The Bertz CT molecular complexity index is 688. The van der Waals surface area contributed by atoms with E-state index in [1.807, 2.05) is 0 Å². The van der Waals surface area contributed by atoms with E-state index < -0.39 is 23.9 Å². The third-order valence-electron chi connectivity index (χ3n) is 2.88. The molecule has 1 N–H and O–H groups in total. The predicted molar refractivity (Wildman–Crippen MR) is 104 cm³/mol.